The zero-order chi connectivity index (χ0) is 14.2. The first-order valence-electron chi connectivity index (χ1n) is 5.68. The second-order valence-corrected chi connectivity index (χ2v) is 4.65. The van der Waals surface area contributed by atoms with Crippen molar-refractivity contribution in [1.29, 1.82) is 0 Å². The average Bonchev–Trinajstić information content (AvgIpc) is 2.67. The van der Waals surface area contributed by atoms with Crippen molar-refractivity contribution in [2.24, 2.45) is 4.99 Å². The third-order valence-electron chi connectivity index (χ3n) is 3.08. The number of ether oxygens (including phenoxy) is 1. The molecule has 104 valence electrons. The van der Waals surface area contributed by atoms with Gasteiger partial charge in [-0.05, 0) is 25.9 Å². The lowest BCUT2D eigenvalue weighted by Crippen LogP contribution is -2.33. The molecule has 4 atom stereocenters. The molecule has 0 aromatic carbocycles. The minimum absolute atomic E-state index is 0.194. The summed E-state index contributed by atoms with van der Waals surface area (Å²) < 4.78 is 6.98. The highest BCUT2D eigenvalue weighted by atomic mass is 32.1. The van der Waals surface area contributed by atoms with Gasteiger partial charge in [-0.15, -0.1) is 0 Å². The minimum Gasteiger partial charge on any atom is -0.394 e. The second-order valence-electron chi connectivity index (χ2n) is 4.29. The van der Waals surface area contributed by atoms with Crippen molar-refractivity contribution in [2.45, 2.75) is 31.5 Å². The van der Waals surface area contributed by atoms with Crippen LogP contribution in [0.2, 0.25) is 0 Å². The molecule has 19 heavy (non-hydrogen) atoms. The van der Waals surface area contributed by atoms with E-state index >= 15 is 0 Å². The number of aliphatic imine (C=N–C) groups is 1. The van der Waals surface area contributed by atoms with Crippen LogP contribution in [0.4, 0.5) is 5.69 Å². The molecule has 1 aromatic rings. The molecular weight excluding hydrogens is 270 g/mol. The van der Waals surface area contributed by atoms with Crippen LogP contribution in [0.3, 0.4) is 0 Å². The molecule has 0 saturated carbocycles. The van der Waals surface area contributed by atoms with E-state index in [4.69, 9.17) is 22.1 Å². The molecule has 8 heteroatoms. The third kappa shape index (κ3) is 2.45. The Morgan fingerprint density at radius 1 is 1.53 bits per heavy atom. The Morgan fingerprint density at radius 3 is 2.74 bits per heavy atom. The summed E-state index contributed by atoms with van der Waals surface area (Å²) in [5.41, 5.74) is 1.12. The van der Waals surface area contributed by atoms with Gasteiger partial charge in [0.15, 0.2) is 6.23 Å². The van der Waals surface area contributed by atoms with Crippen LogP contribution in [-0.4, -0.2) is 56.5 Å². The number of rotatable bonds is 3. The number of aliphatic hydroxyl groups is 3. The SMILES string of the molecule is C=Nc1cn(C2OC(CO)C(O)C2O)c(=S)nc1C. The van der Waals surface area contributed by atoms with Gasteiger partial charge in [0.25, 0.3) is 0 Å². The first-order valence-corrected chi connectivity index (χ1v) is 6.09. The summed E-state index contributed by atoms with van der Waals surface area (Å²) in [7, 11) is 0. The maximum atomic E-state index is 9.94. The molecule has 4 unspecified atom stereocenters. The largest absolute Gasteiger partial charge is 0.394 e. The van der Waals surface area contributed by atoms with Gasteiger partial charge in [0.1, 0.15) is 18.3 Å². The van der Waals surface area contributed by atoms with E-state index in [9.17, 15) is 10.2 Å². The van der Waals surface area contributed by atoms with Gasteiger partial charge in [-0.2, -0.15) is 0 Å². The van der Waals surface area contributed by atoms with Gasteiger partial charge >= 0.3 is 0 Å². The zero-order valence-corrected chi connectivity index (χ0v) is 11.1. The molecule has 7 nitrogen and oxygen atoms in total. The Bertz CT molecular complexity index is 547. The fourth-order valence-corrected chi connectivity index (χ4v) is 2.28. The molecule has 3 N–H and O–H groups in total. The molecule has 0 bridgehead atoms. The van der Waals surface area contributed by atoms with Crippen LogP contribution in [0.15, 0.2) is 11.2 Å². The fraction of sp³-hybridized carbons (Fsp3) is 0.545. The molecular formula is C11H15N3O4S. The van der Waals surface area contributed by atoms with Crippen molar-refractivity contribution in [3.8, 4) is 0 Å². The summed E-state index contributed by atoms with van der Waals surface area (Å²) in [6.45, 7) is 4.77. The van der Waals surface area contributed by atoms with Crippen molar-refractivity contribution < 1.29 is 20.1 Å². The predicted octanol–water partition coefficient (Wildman–Crippen LogP) is -0.135. The summed E-state index contributed by atoms with van der Waals surface area (Å²) in [6, 6.07) is 0. The lowest BCUT2D eigenvalue weighted by Gasteiger charge is -2.19. The zero-order valence-electron chi connectivity index (χ0n) is 10.3. The average molecular weight is 285 g/mol. The Balaban J connectivity index is 2.43. The van der Waals surface area contributed by atoms with Gasteiger partial charge in [-0.3, -0.25) is 9.56 Å². The predicted molar refractivity (Wildman–Crippen MR) is 70.0 cm³/mol. The molecule has 1 fully saturated rings. The molecule has 0 aliphatic carbocycles. The topological polar surface area (TPSA) is 100 Å². The number of aromatic nitrogens is 2. The summed E-state index contributed by atoms with van der Waals surface area (Å²) >= 11 is 5.10. The van der Waals surface area contributed by atoms with E-state index in [0.29, 0.717) is 11.4 Å². The van der Waals surface area contributed by atoms with Crippen LogP contribution in [-0.2, 0) is 4.74 Å². The van der Waals surface area contributed by atoms with Gasteiger partial charge in [-0.25, -0.2) is 4.98 Å². The third-order valence-corrected chi connectivity index (χ3v) is 3.38. The van der Waals surface area contributed by atoms with Crippen molar-refractivity contribution in [1.82, 2.24) is 9.55 Å². The first kappa shape index (κ1) is 14.2. The Kier molecular flexibility index (Phi) is 4.07. The maximum absolute atomic E-state index is 9.94. The fourth-order valence-electron chi connectivity index (χ4n) is 1.99. The van der Waals surface area contributed by atoms with Crippen LogP contribution in [0.25, 0.3) is 0 Å². The highest BCUT2D eigenvalue weighted by Gasteiger charge is 2.43. The highest BCUT2D eigenvalue weighted by molar-refractivity contribution is 7.71. The standard InChI is InChI=1S/C11H15N3O4S/c1-5-6(12-2)3-14(11(19)13-5)10-9(17)8(16)7(4-15)18-10/h3,7-10,15-17H,2,4H2,1H3. The van der Waals surface area contributed by atoms with Crippen LogP contribution in [0.1, 0.15) is 11.9 Å². The lowest BCUT2D eigenvalue weighted by molar-refractivity contribution is -0.0540. The Morgan fingerprint density at radius 2 is 2.21 bits per heavy atom. The molecule has 2 rings (SSSR count). The molecule has 1 saturated heterocycles. The summed E-state index contributed by atoms with van der Waals surface area (Å²) in [5, 5.41) is 28.7. The summed E-state index contributed by atoms with van der Waals surface area (Å²) in [5.74, 6) is 0. The molecule has 0 radical (unpaired) electrons. The van der Waals surface area contributed by atoms with Crippen molar-refractivity contribution in [2.75, 3.05) is 6.61 Å². The quantitative estimate of drug-likeness (QED) is 0.528. The molecule has 1 aromatic heterocycles. The summed E-state index contributed by atoms with van der Waals surface area (Å²) in [6.07, 6.45) is -2.60. The highest BCUT2D eigenvalue weighted by Crippen LogP contribution is 2.30. The summed E-state index contributed by atoms with van der Waals surface area (Å²) in [4.78, 5) is 7.91. The van der Waals surface area contributed by atoms with Gasteiger partial charge in [0.2, 0.25) is 4.77 Å². The van der Waals surface area contributed by atoms with E-state index in [1.165, 1.54) is 4.57 Å². The molecule has 1 aliphatic rings. The van der Waals surface area contributed by atoms with E-state index in [-0.39, 0.29) is 4.77 Å². The number of hydrogen-bond donors (Lipinski definition) is 3. The van der Waals surface area contributed by atoms with Crippen molar-refractivity contribution in [3.05, 3.63) is 16.7 Å². The van der Waals surface area contributed by atoms with Crippen LogP contribution < -0.4 is 0 Å². The van der Waals surface area contributed by atoms with E-state index in [0.717, 1.165) is 0 Å². The van der Waals surface area contributed by atoms with E-state index in [1.54, 1.807) is 13.1 Å². The normalized spacial score (nSPS) is 30.5. The molecule has 0 amide bonds. The smallest absolute Gasteiger partial charge is 0.202 e. The van der Waals surface area contributed by atoms with Crippen LogP contribution in [0, 0.1) is 11.7 Å². The van der Waals surface area contributed by atoms with Crippen molar-refractivity contribution >= 4 is 24.6 Å². The molecule has 0 spiro atoms. The van der Waals surface area contributed by atoms with Crippen molar-refractivity contribution in [3.63, 3.8) is 0 Å². The number of aliphatic hydroxyl groups excluding tert-OH is 3. The van der Waals surface area contributed by atoms with E-state index in [1.807, 2.05) is 0 Å². The monoisotopic (exact) mass is 285 g/mol. The minimum atomic E-state index is -1.20. The lowest BCUT2D eigenvalue weighted by atomic mass is 10.1. The number of aryl methyl sites for hydroxylation is 1. The second kappa shape index (κ2) is 5.43. The van der Waals surface area contributed by atoms with E-state index in [2.05, 4.69) is 16.7 Å². The number of hydrogen-bond acceptors (Lipinski definition) is 7. The van der Waals surface area contributed by atoms with Gasteiger partial charge in [-0.1, -0.05) is 0 Å². The van der Waals surface area contributed by atoms with Gasteiger partial charge < -0.3 is 20.1 Å². The molecule has 1 aliphatic heterocycles. The maximum Gasteiger partial charge on any atom is 0.202 e. The van der Waals surface area contributed by atoms with E-state index < -0.39 is 31.1 Å². The number of nitrogens with zero attached hydrogens (tertiary/aromatic N) is 3. The Hall–Kier alpha value is -1.19. The van der Waals surface area contributed by atoms with Gasteiger partial charge in [0.05, 0.1) is 18.0 Å². The van der Waals surface area contributed by atoms with Gasteiger partial charge in [0, 0.05) is 6.20 Å². The van der Waals surface area contributed by atoms with Crippen LogP contribution in [0.5, 0.6) is 0 Å². The first-order chi connectivity index (χ1) is 8.99. The van der Waals surface area contributed by atoms with Crippen LogP contribution >= 0.6 is 12.2 Å². The Labute approximate surface area is 114 Å². The molecule has 2 heterocycles.